The molecule has 0 amide bonds. The Hall–Kier alpha value is -3.17. The first-order valence-electron chi connectivity index (χ1n) is 10.1. The van der Waals surface area contributed by atoms with Crippen molar-refractivity contribution in [2.75, 3.05) is 0 Å². The normalized spacial score (nSPS) is 14.6. The highest BCUT2D eigenvalue weighted by atomic mass is 32.2. The second-order valence-electron chi connectivity index (χ2n) is 7.47. The minimum atomic E-state index is -3.71. The summed E-state index contributed by atoms with van der Waals surface area (Å²) in [5.74, 6) is 0.561. The minimum absolute atomic E-state index is 0.0941. The molecule has 0 spiro atoms. The lowest BCUT2D eigenvalue weighted by Crippen LogP contribution is -2.27. The van der Waals surface area contributed by atoms with Gasteiger partial charge in [-0.15, -0.1) is 0 Å². The molecule has 1 heterocycles. The predicted octanol–water partition coefficient (Wildman–Crippen LogP) is 2.33. The number of rotatable bonds is 7. The van der Waals surface area contributed by atoms with Gasteiger partial charge in [0.25, 0.3) is 5.56 Å². The van der Waals surface area contributed by atoms with Crippen molar-refractivity contribution >= 4 is 10.0 Å². The zero-order valence-corrected chi connectivity index (χ0v) is 17.6. The van der Waals surface area contributed by atoms with E-state index in [1.807, 2.05) is 0 Å². The summed E-state index contributed by atoms with van der Waals surface area (Å²) >= 11 is 0. The average Bonchev–Trinajstić information content (AvgIpc) is 3.26. The van der Waals surface area contributed by atoms with Crippen LogP contribution in [0.1, 0.15) is 31.2 Å². The largest absolute Gasteiger partial charge is 0.490 e. The SMILES string of the molecule is O=c1ccn(-c2ccc(CNS(=O)(=O)c3cccc(OC4CCCC4)c3)cc2)c(=O)[nH]1. The van der Waals surface area contributed by atoms with Crippen molar-refractivity contribution in [1.29, 1.82) is 0 Å². The number of nitrogens with one attached hydrogen (secondary N) is 2. The van der Waals surface area contributed by atoms with Crippen LogP contribution in [0, 0.1) is 0 Å². The van der Waals surface area contributed by atoms with Gasteiger partial charge in [-0.2, -0.15) is 0 Å². The fraction of sp³-hybridized carbons (Fsp3) is 0.273. The van der Waals surface area contributed by atoms with E-state index >= 15 is 0 Å². The zero-order chi connectivity index (χ0) is 21.8. The number of aromatic amines is 1. The van der Waals surface area contributed by atoms with Gasteiger partial charge in [-0.25, -0.2) is 17.9 Å². The Kier molecular flexibility index (Phi) is 6.06. The third kappa shape index (κ3) is 5.12. The van der Waals surface area contributed by atoms with E-state index < -0.39 is 21.3 Å². The van der Waals surface area contributed by atoms with Crippen molar-refractivity contribution in [3.8, 4) is 11.4 Å². The van der Waals surface area contributed by atoms with Crippen LogP contribution in [0.5, 0.6) is 5.75 Å². The molecule has 0 saturated heterocycles. The lowest BCUT2D eigenvalue weighted by Gasteiger charge is -2.14. The van der Waals surface area contributed by atoms with Crippen molar-refractivity contribution in [2.45, 2.75) is 43.2 Å². The van der Waals surface area contributed by atoms with E-state index in [0.717, 1.165) is 31.2 Å². The van der Waals surface area contributed by atoms with E-state index in [-0.39, 0.29) is 17.5 Å². The molecule has 9 heteroatoms. The van der Waals surface area contributed by atoms with E-state index in [4.69, 9.17) is 4.74 Å². The second kappa shape index (κ2) is 8.91. The van der Waals surface area contributed by atoms with Crippen molar-refractivity contribution in [3.05, 3.63) is 87.2 Å². The van der Waals surface area contributed by atoms with Crippen molar-refractivity contribution in [1.82, 2.24) is 14.3 Å². The van der Waals surface area contributed by atoms with Gasteiger partial charge in [0.15, 0.2) is 0 Å². The molecule has 0 unspecified atom stereocenters. The molecular formula is C22H23N3O5S. The number of hydrogen-bond donors (Lipinski definition) is 2. The summed E-state index contributed by atoms with van der Waals surface area (Å²) in [6.45, 7) is 0.0941. The Morgan fingerprint density at radius 2 is 1.77 bits per heavy atom. The molecule has 4 rings (SSSR count). The molecule has 0 aliphatic heterocycles. The molecule has 1 fully saturated rings. The van der Waals surface area contributed by atoms with Crippen molar-refractivity contribution in [3.63, 3.8) is 0 Å². The highest BCUT2D eigenvalue weighted by Gasteiger charge is 2.19. The molecule has 1 saturated carbocycles. The van der Waals surface area contributed by atoms with Gasteiger partial charge in [-0.3, -0.25) is 14.3 Å². The summed E-state index contributed by atoms with van der Waals surface area (Å²) in [7, 11) is -3.71. The van der Waals surface area contributed by atoms with Gasteiger partial charge >= 0.3 is 5.69 Å². The Bertz CT molecular complexity index is 1270. The number of aromatic nitrogens is 2. The lowest BCUT2D eigenvalue weighted by molar-refractivity contribution is 0.209. The third-order valence-electron chi connectivity index (χ3n) is 5.23. The number of benzene rings is 2. The molecule has 0 bridgehead atoms. The second-order valence-corrected chi connectivity index (χ2v) is 9.24. The highest BCUT2D eigenvalue weighted by Crippen LogP contribution is 2.25. The average molecular weight is 442 g/mol. The summed E-state index contributed by atoms with van der Waals surface area (Å²) in [6.07, 6.45) is 5.81. The first kappa shape index (κ1) is 21.1. The zero-order valence-electron chi connectivity index (χ0n) is 16.8. The Morgan fingerprint density at radius 3 is 2.48 bits per heavy atom. The van der Waals surface area contributed by atoms with Gasteiger partial charge in [0.05, 0.1) is 16.7 Å². The van der Waals surface area contributed by atoms with Crippen LogP contribution in [0.2, 0.25) is 0 Å². The summed E-state index contributed by atoms with van der Waals surface area (Å²) in [5, 5.41) is 0. The smallest absolute Gasteiger partial charge is 0.332 e. The first-order valence-corrected chi connectivity index (χ1v) is 11.6. The van der Waals surface area contributed by atoms with Gasteiger partial charge in [0, 0.05) is 24.9 Å². The monoisotopic (exact) mass is 441 g/mol. The number of H-pyrrole nitrogens is 1. The van der Waals surface area contributed by atoms with Crippen LogP contribution in [0.3, 0.4) is 0 Å². The lowest BCUT2D eigenvalue weighted by atomic mass is 10.2. The fourth-order valence-electron chi connectivity index (χ4n) is 3.57. The van der Waals surface area contributed by atoms with Gasteiger partial charge < -0.3 is 4.74 Å². The Labute approximate surface area is 179 Å². The number of hydrogen-bond acceptors (Lipinski definition) is 5. The van der Waals surface area contributed by atoms with E-state index in [0.29, 0.717) is 11.4 Å². The van der Waals surface area contributed by atoms with E-state index in [9.17, 15) is 18.0 Å². The molecular weight excluding hydrogens is 418 g/mol. The van der Waals surface area contributed by atoms with Gasteiger partial charge in [-0.1, -0.05) is 18.2 Å². The summed E-state index contributed by atoms with van der Waals surface area (Å²) in [4.78, 5) is 25.4. The van der Waals surface area contributed by atoms with Crippen LogP contribution >= 0.6 is 0 Å². The van der Waals surface area contributed by atoms with Crippen LogP contribution in [0.25, 0.3) is 5.69 Å². The quantitative estimate of drug-likeness (QED) is 0.585. The standard InChI is InChI=1S/C22H23N3O5S/c26-21-12-13-25(22(27)24-21)17-10-8-16(9-11-17)15-23-31(28,29)20-7-3-6-19(14-20)30-18-4-1-2-5-18/h3,6-14,18,23H,1-2,4-5,15H2,(H,24,26,27). The molecule has 162 valence electrons. The fourth-order valence-corrected chi connectivity index (χ4v) is 4.62. The Balaban J connectivity index is 1.43. The Morgan fingerprint density at radius 1 is 1.03 bits per heavy atom. The predicted molar refractivity (Wildman–Crippen MR) is 116 cm³/mol. The third-order valence-corrected chi connectivity index (χ3v) is 6.62. The number of ether oxygens (including phenoxy) is 1. The first-order chi connectivity index (χ1) is 14.9. The summed E-state index contributed by atoms with van der Waals surface area (Å²) < 4.78 is 35.2. The highest BCUT2D eigenvalue weighted by molar-refractivity contribution is 7.89. The summed E-state index contributed by atoms with van der Waals surface area (Å²) in [5.41, 5.74) is 0.276. The molecule has 1 aliphatic rings. The van der Waals surface area contributed by atoms with Crippen molar-refractivity contribution < 1.29 is 13.2 Å². The summed E-state index contributed by atoms with van der Waals surface area (Å²) in [6, 6.07) is 14.6. The number of sulfonamides is 1. The molecule has 1 aromatic heterocycles. The minimum Gasteiger partial charge on any atom is -0.490 e. The maximum atomic E-state index is 12.7. The molecule has 8 nitrogen and oxygen atoms in total. The van der Waals surface area contributed by atoms with Crippen LogP contribution < -0.4 is 20.7 Å². The van der Waals surface area contributed by atoms with Crippen LogP contribution in [-0.4, -0.2) is 24.1 Å². The topological polar surface area (TPSA) is 110 Å². The molecule has 1 aliphatic carbocycles. The maximum Gasteiger partial charge on any atom is 0.332 e. The van der Waals surface area contributed by atoms with Crippen molar-refractivity contribution in [2.24, 2.45) is 0 Å². The molecule has 0 atom stereocenters. The molecule has 2 aromatic carbocycles. The van der Waals surface area contributed by atoms with Gasteiger partial charge in [0.2, 0.25) is 10.0 Å². The van der Waals surface area contributed by atoms with Crippen LogP contribution in [0.4, 0.5) is 0 Å². The van der Waals surface area contributed by atoms with Gasteiger partial charge in [0.1, 0.15) is 5.75 Å². The van der Waals surface area contributed by atoms with Crippen LogP contribution in [0.15, 0.2) is 75.3 Å². The molecule has 2 N–H and O–H groups in total. The number of nitrogens with zero attached hydrogens (tertiary/aromatic N) is 1. The van der Waals surface area contributed by atoms with E-state index in [2.05, 4.69) is 9.71 Å². The van der Waals surface area contributed by atoms with E-state index in [1.165, 1.54) is 22.9 Å². The van der Waals surface area contributed by atoms with Gasteiger partial charge in [-0.05, 0) is 55.5 Å². The molecule has 31 heavy (non-hydrogen) atoms. The molecule has 3 aromatic rings. The van der Waals surface area contributed by atoms with Crippen LogP contribution in [-0.2, 0) is 16.6 Å². The molecule has 0 radical (unpaired) electrons. The van der Waals surface area contributed by atoms with E-state index in [1.54, 1.807) is 42.5 Å². The maximum absolute atomic E-state index is 12.7.